The van der Waals surface area contributed by atoms with Crippen LogP contribution in [0.3, 0.4) is 0 Å². The summed E-state index contributed by atoms with van der Waals surface area (Å²) in [4.78, 5) is 28.5. The van der Waals surface area contributed by atoms with Crippen LogP contribution in [0.5, 0.6) is 5.75 Å². The normalized spacial score (nSPS) is 14.3. The van der Waals surface area contributed by atoms with Crippen molar-refractivity contribution >= 4 is 39.1 Å². The van der Waals surface area contributed by atoms with E-state index in [1.165, 1.54) is 60.5 Å². The number of carbonyl (C=O) groups is 2. The number of benzene rings is 3. The first-order chi connectivity index (χ1) is 20.0. The summed E-state index contributed by atoms with van der Waals surface area (Å²) in [6.45, 7) is 2.51. The highest BCUT2D eigenvalue weighted by molar-refractivity contribution is 7.92. The number of halogens is 2. The summed E-state index contributed by atoms with van der Waals surface area (Å²) in [6, 6.07) is 15.6. The van der Waals surface area contributed by atoms with Crippen LogP contribution in [0, 0.1) is 12.7 Å². The Morgan fingerprint density at radius 1 is 1.07 bits per heavy atom. The lowest BCUT2D eigenvalue weighted by Crippen LogP contribution is -2.52. The van der Waals surface area contributed by atoms with Crippen molar-refractivity contribution < 1.29 is 27.1 Å². The summed E-state index contributed by atoms with van der Waals surface area (Å²) in [5, 5.41) is 3.14. The number of sulfonamides is 1. The molecular weight excluding hydrogens is 581 g/mol. The van der Waals surface area contributed by atoms with Crippen molar-refractivity contribution in [1.82, 2.24) is 10.2 Å². The lowest BCUT2D eigenvalue weighted by molar-refractivity contribution is -0.139. The van der Waals surface area contributed by atoms with Gasteiger partial charge in [0.1, 0.15) is 24.2 Å². The molecule has 8 nitrogen and oxygen atoms in total. The highest BCUT2D eigenvalue weighted by atomic mass is 35.5. The van der Waals surface area contributed by atoms with Crippen LogP contribution in [0.1, 0.15) is 43.7 Å². The fourth-order valence-electron chi connectivity index (χ4n) is 4.96. The van der Waals surface area contributed by atoms with E-state index in [2.05, 4.69) is 5.32 Å². The number of nitrogens with zero attached hydrogens (tertiary/aromatic N) is 2. The topological polar surface area (TPSA) is 96.0 Å². The van der Waals surface area contributed by atoms with Crippen LogP contribution >= 0.6 is 11.6 Å². The molecule has 0 aliphatic heterocycles. The van der Waals surface area contributed by atoms with Gasteiger partial charge >= 0.3 is 0 Å². The van der Waals surface area contributed by atoms with Gasteiger partial charge in [0.05, 0.1) is 22.7 Å². The molecule has 1 atom stereocenters. The van der Waals surface area contributed by atoms with Crippen molar-refractivity contribution in [2.45, 2.75) is 63.1 Å². The largest absolute Gasteiger partial charge is 0.495 e. The standard InChI is InChI=1S/C31H35ClFN3O5S/c1-21-12-15-26(16-13-21)42(39,40)36(25-14-17-29(41-3)27(32)18-25)20-30(37)35(19-23-8-4-7-11-28(23)33)22(2)31(38)34-24-9-5-6-10-24/h4,7-8,11-18,22,24H,5-6,9-10,19-20H2,1-3H3,(H,34,38)/t22-/m0/s1. The summed E-state index contributed by atoms with van der Waals surface area (Å²) in [5.74, 6) is -1.27. The summed E-state index contributed by atoms with van der Waals surface area (Å²) < 4.78 is 48.8. The molecule has 3 aromatic rings. The van der Waals surface area contributed by atoms with Gasteiger partial charge in [0.2, 0.25) is 11.8 Å². The highest BCUT2D eigenvalue weighted by Gasteiger charge is 2.34. The minimum absolute atomic E-state index is 0.00483. The fourth-order valence-corrected chi connectivity index (χ4v) is 6.62. The van der Waals surface area contributed by atoms with Gasteiger partial charge in [0.25, 0.3) is 10.0 Å². The van der Waals surface area contributed by atoms with Gasteiger partial charge in [-0.1, -0.05) is 60.3 Å². The Balaban J connectivity index is 1.72. The zero-order valence-corrected chi connectivity index (χ0v) is 25.4. The van der Waals surface area contributed by atoms with Crippen LogP contribution in [0.25, 0.3) is 0 Å². The first-order valence-electron chi connectivity index (χ1n) is 13.8. The molecule has 11 heteroatoms. The molecule has 0 bridgehead atoms. The van der Waals surface area contributed by atoms with E-state index in [0.29, 0.717) is 5.75 Å². The molecule has 3 aromatic carbocycles. The third kappa shape index (κ3) is 7.22. The molecule has 0 radical (unpaired) electrons. The van der Waals surface area contributed by atoms with Gasteiger partial charge < -0.3 is 15.0 Å². The molecule has 2 amide bonds. The maximum atomic E-state index is 14.7. The average molecular weight is 616 g/mol. The number of nitrogens with one attached hydrogen (secondary N) is 1. The summed E-state index contributed by atoms with van der Waals surface area (Å²) in [7, 11) is -2.84. The SMILES string of the molecule is COc1ccc(N(CC(=O)N(Cc2ccccc2F)[C@@H](C)C(=O)NC2CCCC2)S(=O)(=O)c2ccc(C)cc2)cc1Cl. The van der Waals surface area contributed by atoms with E-state index in [9.17, 15) is 22.4 Å². The Morgan fingerprint density at radius 3 is 2.36 bits per heavy atom. The maximum absolute atomic E-state index is 14.7. The molecule has 1 aliphatic carbocycles. The maximum Gasteiger partial charge on any atom is 0.264 e. The van der Waals surface area contributed by atoms with Crippen molar-refractivity contribution in [3.8, 4) is 5.75 Å². The quantitative estimate of drug-likeness (QED) is 0.309. The first-order valence-corrected chi connectivity index (χ1v) is 15.6. The highest BCUT2D eigenvalue weighted by Crippen LogP contribution is 2.32. The van der Waals surface area contributed by atoms with E-state index in [-0.39, 0.29) is 39.7 Å². The number of hydrogen-bond acceptors (Lipinski definition) is 5. The second kappa shape index (κ2) is 13.6. The smallest absolute Gasteiger partial charge is 0.264 e. The van der Waals surface area contributed by atoms with Gasteiger partial charge in [-0.05, 0) is 63.1 Å². The van der Waals surface area contributed by atoms with Crippen molar-refractivity contribution in [3.63, 3.8) is 0 Å². The molecule has 1 aliphatic rings. The Labute approximate surface area is 251 Å². The second-order valence-corrected chi connectivity index (χ2v) is 12.7. The zero-order chi connectivity index (χ0) is 30.4. The van der Waals surface area contributed by atoms with Gasteiger partial charge in [-0.2, -0.15) is 0 Å². The van der Waals surface area contributed by atoms with E-state index in [4.69, 9.17) is 16.3 Å². The van der Waals surface area contributed by atoms with Crippen LogP contribution in [0.15, 0.2) is 71.6 Å². The van der Waals surface area contributed by atoms with Crippen molar-refractivity contribution in [2.24, 2.45) is 0 Å². The third-order valence-electron chi connectivity index (χ3n) is 7.48. The Kier molecular flexibility index (Phi) is 10.1. The second-order valence-electron chi connectivity index (χ2n) is 10.4. The predicted octanol–water partition coefficient (Wildman–Crippen LogP) is 5.47. The summed E-state index contributed by atoms with van der Waals surface area (Å²) in [5.41, 5.74) is 1.19. The molecule has 1 N–H and O–H groups in total. The van der Waals surface area contributed by atoms with Gasteiger partial charge in [-0.15, -0.1) is 0 Å². The third-order valence-corrected chi connectivity index (χ3v) is 9.56. The summed E-state index contributed by atoms with van der Waals surface area (Å²) in [6.07, 6.45) is 3.71. The van der Waals surface area contributed by atoms with E-state index in [0.717, 1.165) is 35.6 Å². The number of aryl methyl sites for hydroxylation is 1. The van der Waals surface area contributed by atoms with Crippen LogP contribution in [0.2, 0.25) is 5.02 Å². The minimum atomic E-state index is -4.27. The molecule has 0 heterocycles. The lowest BCUT2D eigenvalue weighted by atomic mass is 10.1. The molecule has 42 heavy (non-hydrogen) atoms. The predicted molar refractivity (Wildman–Crippen MR) is 161 cm³/mol. The molecule has 1 saturated carbocycles. The number of ether oxygens (including phenoxy) is 1. The first kappa shape index (κ1) is 31.3. The van der Waals surface area contributed by atoms with Gasteiger partial charge in [0.15, 0.2) is 0 Å². The molecule has 0 saturated heterocycles. The zero-order valence-electron chi connectivity index (χ0n) is 23.8. The number of carbonyl (C=O) groups excluding carboxylic acids is 2. The molecular formula is C31H35ClFN3O5S. The van der Waals surface area contributed by atoms with Crippen molar-refractivity contribution in [2.75, 3.05) is 18.0 Å². The Hall–Kier alpha value is -3.63. The number of methoxy groups -OCH3 is 1. The number of anilines is 1. The molecule has 0 spiro atoms. The molecule has 224 valence electrons. The lowest BCUT2D eigenvalue weighted by Gasteiger charge is -2.32. The van der Waals surface area contributed by atoms with Crippen LogP contribution in [-0.2, 0) is 26.2 Å². The van der Waals surface area contributed by atoms with E-state index >= 15 is 0 Å². The van der Waals surface area contributed by atoms with Crippen LogP contribution < -0.4 is 14.4 Å². The molecule has 1 fully saturated rings. The monoisotopic (exact) mass is 615 g/mol. The number of rotatable bonds is 11. The number of hydrogen-bond donors (Lipinski definition) is 1. The molecule has 4 rings (SSSR count). The Bertz CT molecular complexity index is 1530. The van der Waals surface area contributed by atoms with Gasteiger partial charge in [0, 0.05) is 18.2 Å². The van der Waals surface area contributed by atoms with Crippen LogP contribution in [0.4, 0.5) is 10.1 Å². The molecule has 0 unspecified atom stereocenters. The van der Waals surface area contributed by atoms with Crippen LogP contribution in [-0.4, -0.2) is 50.9 Å². The average Bonchev–Trinajstić information content (AvgIpc) is 3.48. The van der Waals surface area contributed by atoms with Gasteiger partial charge in [-0.3, -0.25) is 13.9 Å². The van der Waals surface area contributed by atoms with Gasteiger partial charge in [-0.25, -0.2) is 12.8 Å². The van der Waals surface area contributed by atoms with Crippen molar-refractivity contribution in [3.05, 3.63) is 88.7 Å². The van der Waals surface area contributed by atoms with E-state index < -0.39 is 34.3 Å². The van der Waals surface area contributed by atoms with Crippen molar-refractivity contribution in [1.29, 1.82) is 0 Å². The Morgan fingerprint density at radius 2 is 1.74 bits per heavy atom. The van der Waals surface area contributed by atoms with E-state index in [1.807, 2.05) is 6.92 Å². The number of amides is 2. The summed E-state index contributed by atoms with van der Waals surface area (Å²) >= 11 is 6.35. The molecule has 0 aromatic heterocycles. The minimum Gasteiger partial charge on any atom is -0.495 e. The van der Waals surface area contributed by atoms with E-state index in [1.54, 1.807) is 25.1 Å². The fraction of sp³-hybridized carbons (Fsp3) is 0.355.